The second kappa shape index (κ2) is 4.92. The average molecular weight is 228 g/mol. The Morgan fingerprint density at radius 1 is 1.60 bits per heavy atom. The largest absolute Gasteiger partial charge is 0.393 e. The number of hydrogen-bond acceptors (Lipinski definition) is 2. The van der Waals surface area contributed by atoms with Gasteiger partial charge in [0.2, 0.25) is 5.91 Å². The molecule has 86 valence electrons. The first-order valence-corrected chi connectivity index (χ1v) is 5.90. The SMILES string of the molecule is CC1(C)CCCC1C(=O)NCCC(N)=S. The third kappa shape index (κ3) is 3.45. The van der Waals surface area contributed by atoms with Crippen molar-refractivity contribution in [2.45, 2.75) is 39.5 Å². The van der Waals surface area contributed by atoms with Crippen LogP contribution in [-0.2, 0) is 4.79 Å². The zero-order valence-electron chi connectivity index (χ0n) is 9.51. The van der Waals surface area contributed by atoms with Gasteiger partial charge in [0.15, 0.2) is 0 Å². The monoisotopic (exact) mass is 228 g/mol. The van der Waals surface area contributed by atoms with Gasteiger partial charge in [-0.05, 0) is 18.3 Å². The lowest BCUT2D eigenvalue weighted by Gasteiger charge is -2.25. The number of carbonyl (C=O) groups is 1. The fourth-order valence-electron chi connectivity index (χ4n) is 2.24. The molecule has 1 aliphatic rings. The molecule has 0 aromatic rings. The van der Waals surface area contributed by atoms with Gasteiger partial charge in [0.25, 0.3) is 0 Å². The smallest absolute Gasteiger partial charge is 0.223 e. The molecule has 0 bridgehead atoms. The van der Waals surface area contributed by atoms with E-state index in [0.717, 1.165) is 19.3 Å². The van der Waals surface area contributed by atoms with Crippen molar-refractivity contribution < 1.29 is 4.79 Å². The molecule has 3 N–H and O–H groups in total. The van der Waals surface area contributed by atoms with Crippen LogP contribution in [0.2, 0.25) is 0 Å². The van der Waals surface area contributed by atoms with E-state index in [0.29, 0.717) is 18.0 Å². The Morgan fingerprint density at radius 2 is 2.27 bits per heavy atom. The predicted octanol–water partition coefficient (Wildman–Crippen LogP) is 1.61. The summed E-state index contributed by atoms with van der Waals surface area (Å²) < 4.78 is 0. The maximum absolute atomic E-state index is 11.8. The summed E-state index contributed by atoms with van der Waals surface area (Å²) >= 11 is 4.75. The highest BCUT2D eigenvalue weighted by molar-refractivity contribution is 7.80. The van der Waals surface area contributed by atoms with Crippen LogP contribution in [0.1, 0.15) is 39.5 Å². The molecule has 1 amide bonds. The zero-order valence-corrected chi connectivity index (χ0v) is 10.3. The Bertz CT molecular complexity index is 263. The van der Waals surface area contributed by atoms with Crippen LogP contribution in [0.5, 0.6) is 0 Å². The van der Waals surface area contributed by atoms with Crippen molar-refractivity contribution in [1.82, 2.24) is 5.32 Å². The minimum absolute atomic E-state index is 0.146. The molecule has 15 heavy (non-hydrogen) atoms. The van der Waals surface area contributed by atoms with Crippen LogP contribution in [0.4, 0.5) is 0 Å². The lowest BCUT2D eigenvalue weighted by atomic mass is 9.81. The molecule has 0 radical (unpaired) electrons. The summed E-state index contributed by atoms with van der Waals surface area (Å²) in [5.41, 5.74) is 5.51. The van der Waals surface area contributed by atoms with Gasteiger partial charge in [-0.1, -0.05) is 32.5 Å². The summed E-state index contributed by atoms with van der Waals surface area (Å²) in [4.78, 5) is 12.3. The fraction of sp³-hybridized carbons (Fsp3) is 0.818. The van der Waals surface area contributed by atoms with Crippen LogP contribution in [0.3, 0.4) is 0 Å². The van der Waals surface area contributed by atoms with E-state index < -0.39 is 0 Å². The van der Waals surface area contributed by atoms with Gasteiger partial charge < -0.3 is 11.1 Å². The third-order valence-corrected chi connectivity index (χ3v) is 3.45. The van der Waals surface area contributed by atoms with Crippen molar-refractivity contribution in [3.8, 4) is 0 Å². The van der Waals surface area contributed by atoms with E-state index in [-0.39, 0.29) is 17.2 Å². The van der Waals surface area contributed by atoms with Gasteiger partial charge in [-0.3, -0.25) is 4.79 Å². The quantitative estimate of drug-likeness (QED) is 0.719. The maximum Gasteiger partial charge on any atom is 0.223 e. The standard InChI is InChI=1S/C11H20N2OS/c1-11(2)6-3-4-8(11)10(14)13-7-5-9(12)15/h8H,3-7H2,1-2H3,(H2,12,15)(H,13,14). The lowest BCUT2D eigenvalue weighted by molar-refractivity contribution is -0.127. The number of thiocarbonyl (C=S) groups is 1. The van der Waals surface area contributed by atoms with Crippen LogP contribution >= 0.6 is 12.2 Å². The van der Waals surface area contributed by atoms with Crippen LogP contribution in [0.25, 0.3) is 0 Å². The summed E-state index contributed by atoms with van der Waals surface area (Å²) in [6.07, 6.45) is 3.89. The van der Waals surface area contributed by atoms with E-state index in [1.165, 1.54) is 0 Å². The number of amides is 1. The Morgan fingerprint density at radius 3 is 2.73 bits per heavy atom. The number of nitrogens with two attached hydrogens (primary N) is 1. The number of rotatable bonds is 4. The van der Waals surface area contributed by atoms with Gasteiger partial charge in [0.05, 0.1) is 4.99 Å². The lowest BCUT2D eigenvalue weighted by Crippen LogP contribution is -2.37. The highest BCUT2D eigenvalue weighted by Gasteiger charge is 2.38. The second-order valence-electron chi connectivity index (χ2n) is 4.94. The molecule has 1 saturated carbocycles. The van der Waals surface area contributed by atoms with Crippen LogP contribution in [0, 0.1) is 11.3 Å². The minimum atomic E-state index is 0.146. The fourth-order valence-corrected chi connectivity index (χ4v) is 2.35. The van der Waals surface area contributed by atoms with Gasteiger partial charge in [0.1, 0.15) is 0 Å². The van der Waals surface area contributed by atoms with Crippen molar-refractivity contribution >= 4 is 23.1 Å². The van der Waals surface area contributed by atoms with E-state index >= 15 is 0 Å². The summed E-state index contributed by atoms with van der Waals surface area (Å²) in [7, 11) is 0. The second-order valence-corrected chi connectivity index (χ2v) is 5.47. The van der Waals surface area contributed by atoms with Gasteiger partial charge in [0, 0.05) is 18.9 Å². The highest BCUT2D eigenvalue weighted by atomic mass is 32.1. The van der Waals surface area contributed by atoms with Crippen molar-refractivity contribution in [1.29, 1.82) is 0 Å². The van der Waals surface area contributed by atoms with E-state index in [1.54, 1.807) is 0 Å². The maximum atomic E-state index is 11.8. The molecule has 0 saturated heterocycles. The van der Waals surface area contributed by atoms with E-state index in [4.69, 9.17) is 18.0 Å². The predicted molar refractivity (Wildman–Crippen MR) is 65.5 cm³/mol. The molecule has 1 fully saturated rings. The van der Waals surface area contributed by atoms with Gasteiger partial charge >= 0.3 is 0 Å². The number of carbonyl (C=O) groups excluding carboxylic acids is 1. The van der Waals surface area contributed by atoms with Crippen LogP contribution in [0.15, 0.2) is 0 Å². The number of nitrogens with one attached hydrogen (secondary N) is 1. The third-order valence-electron chi connectivity index (χ3n) is 3.24. The van der Waals surface area contributed by atoms with E-state index in [9.17, 15) is 4.79 Å². The first kappa shape index (κ1) is 12.4. The van der Waals surface area contributed by atoms with Crippen molar-refractivity contribution in [3.05, 3.63) is 0 Å². The molecule has 0 heterocycles. The van der Waals surface area contributed by atoms with E-state index in [1.807, 2.05) is 0 Å². The normalized spacial score (nSPS) is 23.7. The molecule has 0 aromatic heterocycles. The molecule has 1 unspecified atom stereocenters. The number of hydrogen-bond donors (Lipinski definition) is 2. The first-order valence-electron chi connectivity index (χ1n) is 5.49. The van der Waals surface area contributed by atoms with Gasteiger partial charge in [-0.25, -0.2) is 0 Å². The zero-order chi connectivity index (χ0) is 11.5. The Hall–Kier alpha value is -0.640. The Labute approximate surface area is 96.8 Å². The summed E-state index contributed by atoms with van der Waals surface area (Å²) in [5, 5.41) is 2.91. The first-order chi connectivity index (χ1) is 6.93. The summed E-state index contributed by atoms with van der Waals surface area (Å²) in [5.74, 6) is 0.317. The molecular formula is C11H20N2OS. The Kier molecular flexibility index (Phi) is 4.08. The Balaban J connectivity index is 2.37. The van der Waals surface area contributed by atoms with E-state index in [2.05, 4.69) is 19.2 Å². The molecule has 1 atom stereocenters. The topological polar surface area (TPSA) is 55.1 Å². The molecule has 3 nitrogen and oxygen atoms in total. The van der Waals surface area contributed by atoms with Crippen molar-refractivity contribution in [2.75, 3.05) is 6.54 Å². The van der Waals surface area contributed by atoms with Gasteiger partial charge in [-0.15, -0.1) is 0 Å². The summed E-state index contributed by atoms with van der Waals surface area (Å²) in [6, 6.07) is 0. The molecule has 4 heteroatoms. The van der Waals surface area contributed by atoms with Gasteiger partial charge in [-0.2, -0.15) is 0 Å². The molecule has 0 aromatic carbocycles. The highest BCUT2D eigenvalue weighted by Crippen LogP contribution is 2.42. The minimum Gasteiger partial charge on any atom is -0.393 e. The molecule has 0 spiro atoms. The molecule has 1 rings (SSSR count). The van der Waals surface area contributed by atoms with Crippen molar-refractivity contribution in [3.63, 3.8) is 0 Å². The van der Waals surface area contributed by atoms with Crippen LogP contribution in [-0.4, -0.2) is 17.4 Å². The molecule has 0 aliphatic heterocycles. The molecule has 1 aliphatic carbocycles. The van der Waals surface area contributed by atoms with Crippen LogP contribution < -0.4 is 11.1 Å². The molecular weight excluding hydrogens is 208 g/mol. The average Bonchev–Trinajstić information content (AvgIpc) is 2.44. The summed E-state index contributed by atoms with van der Waals surface area (Å²) in [6.45, 7) is 4.90. The van der Waals surface area contributed by atoms with Crippen molar-refractivity contribution in [2.24, 2.45) is 17.1 Å².